The van der Waals surface area contributed by atoms with Crippen molar-refractivity contribution in [1.82, 2.24) is 14.3 Å². The van der Waals surface area contributed by atoms with Crippen molar-refractivity contribution in [3.05, 3.63) is 12.4 Å². The van der Waals surface area contributed by atoms with E-state index in [0.29, 0.717) is 5.95 Å². The average molecular weight is 216 g/mol. The lowest BCUT2D eigenvalue weighted by Crippen LogP contribution is -2.22. The summed E-state index contributed by atoms with van der Waals surface area (Å²) in [4.78, 5) is 7.72. The van der Waals surface area contributed by atoms with E-state index in [-0.39, 0.29) is 4.90 Å². The topological polar surface area (TPSA) is 75.2 Å². The molecule has 1 aromatic heterocycles. The molecule has 0 saturated heterocycles. The lowest BCUT2D eigenvalue weighted by atomic mass is 10.7. The lowest BCUT2D eigenvalue weighted by Gasteiger charge is -2.10. The Hall–Kier alpha value is -1.21. The molecule has 0 aliphatic carbocycles. The molecule has 6 nitrogen and oxygen atoms in total. The highest BCUT2D eigenvalue weighted by Gasteiger charge is 2.17. The van der Waals surface area contributed by atoms with Gasteiger partial charge in [0.05, 0.1) is 12.4 Å². The first-order chi connectivity index (χ1) is 6.48. The summed E-state index contributed by atoms with van der Waals surface area (Å²) in [6.45, 7) is 0. The lowest BCUT2D eigenvalue weighted by molar-refractivity contribution is 0.520. The number of aromatic nitrogens is 2. The van der Waals surface area contributed by atoms with Crippen LogP contribution in [0.2, 0.25) is 0 Å². The van der Waals surface area contributed by atoms with E-state index in [2.05, 4.69) is 15.3 Å². The van der Waals surface area contributed by atoms with E-state index in [0.717, 1.165) is 4.31 Å². The summed E-state index contributed by atoms with van der Waals surface area (Å²) < 4.78 is 24.2. The predicted molar refractivity (Wildman–Crippen MR) is 52.5 cm³/mol. The molecule has 0 atom stereocenters. The molecule has 0 saturated carbocycles. The molecule has 1 rings (SSSR count). The van der Waals surface area contributed by atoms with E-state index in [4.69, 9.17) is 0 Å². The van der Waals surface area contributed by atoms with Crippen LogP contribution in [0.5, 0.6) is 0 Å². The maximum Gasteiger partial charge on any atom is 0.245 e. The summed E-state index contributed by atoms with van der Waals surface area (Å²) in [5.41, 5.74) is 0. The molecule has 1 N–H and O–H groups in total. The summed E-state index contributed by atoms with van der Waals surface area (Å²) in [7, 11) is 1.16. The number of nitrogens with one attached hydrogen (secondary N) is 1. The van der Waals surface area contributed by atoms with Crippen molar-refractivity contribution in [3.8, 4) is 0 Å². The molecule has 0 unspecified atom stereocenters. The molecule has 78 valence electrons. The van der Waals surface area contributed by atoms with Gasteiger partial charge in [0.1, 0.15) is 4.90 Å². The molecular weight excluding hydrogens is 204 g/mol. The summed E-state index contributed by atoms with van der Waals surface area (Å²) in [6.07, 6.45) is 2.54. The summed E-state index contributed by atoms with van der Waals surface area (Å²) in [5, 5.41) is 2.70. The van der Waals surface area contributed by atoms with E-state index >= 15 is 0 Å². The SMILES string of the molecule is CNc1ncc(S(=O)(=O)N(C)C)cn1. The minimum Gasteiger partial charge on any atom is -0.357 e. The second-order valence-electron chi connectivity index (χ2n) is 2.78. The Morgan fingerprint density at radius 3 is 2.14 bits per heavy atom. The van der Waals surface area contributed by atoms with Gasteiger partial charge in [0.2, 0.25) is 16.0 Å². The average Bonchev–Trinajstić information content (AvgIpc) is 2.17. The third-order valence-electron chi connectivity index (χ3n) is 1.63. The Balaban J connectivity index is 3.10. The quantitative estimate of drug-likeness (QED) is 0.755. The van der Waals surface area contributed by atoms with E-state index in [1.165, 1.54) is 26.5 Å². The van der Waals surface area contributed by atoms with Crippen LogP contribution in [0, 0.1) is 0 Å². The van der Waals surface area contributed by atoms with Gasteiger partial charge in [0, 0.05) is 21.1 Å². The van der Waals surface area contributed by atoms with Crippen molar-refractivity contribution in [2.75, 3.05) is 26.5 Å². The van der Waals surface area contributed by atoms with Gasteiger partial charge in [-0.25, -0.2) is 22.7 Å². The maximum atomic E-state index is 11.6. The van der Waals surface area contributed by atoms with Crippen LogP contribution in [0.1, 0.15) is 0 Å². The van der Waals surface area contributed by atoms with Crippen LogP contribution in [0.4, 0.5) is 5.95 Å². The van der Waals surface area contributed by atoms with Gasteiger partial charge in [0.25, 0.3) is 0 Å². The van der Waals surface area contributed by atoms with Crippen LogP contribution in [0.3, 0.4) is 0 Å². The smallest absolute Gasteiger partial charge is 0.245 e. The van der Waals surface area contributed by atoms with Crippen LogP contribution in [0.15, 0.2) is 17.3 Å². The fraction of sp³-hybridized carbons (Fsp3) is 0.429. The van der Waals surface area contributed by atoms with Crippen molar-refractivity contribution in [2.24, 2.45) is 0 Å². The molecule has 0 bridgehead atoms. The monoisotopic (exact) mass is 216 g/mol. The van der Waals surface area contributed by atoms with Crippen molar-refractivity contribution in [2.45, 2.75) is 4.90 Å². The van der Waals surface area contributed by atoms with Gasteiger partial charge in [-0.2, -0.15) is 0 Å². The number of rotatable bonds is 3. The second-order valence-corrected chi connectivity index (χ2v) is 4.93. The molecule has 0 spiro atoms. The molecule has 14 heavy (non-hydrogen) atoms. The molecule has 7 heteroatoms. The molecule has 0 aliphatic heterocycles. The van der Waals surface area contributed by atoms with Gasteiger partial charge in [0.15, 0.2) is 0 Å². The van der Waals surface area contributed by atoms with E-state index < -0.39 is 10.0 Å². The standard InChI is InChI=1S/C7H12N4O2S/c1-8-7-9-4-6(5-10-7)14(12,13)11(2)3/h4-5H,1-3H3,(H,8,9,10). The molecule has 1 aromatic rings. The van der Waals surface area contributed by atoms with Gasteiger partial charge >= 0.3 is 0 Å². The third-order valence-corrected chi connectivity index (χ3v) is 3.40. The Morgan fingerprint density at radius 1 is 1.29 bits per heavy atom. The van der Waals surface area contributed by atoms with Crippen molar-refractivity contribution >= 4 is 16.0 Å². The Kier molecular flexibility index (Phi) is 3.02. The largest absolute Gasteiger partial charge is 0.357 e. The first kappa shape index (κ1) is 10.9. The number of hydrogen-bond donors (Lipinski definition) is 1. The molecule has 0 amide bonds. The molecule has 1 heterocycles. The van der Waals surface area contributed by atoms with Crippen molar-refractivity contribution in [3.63, 3.8) is 0 Å². The number of sulfonamides is 1. The van der Waals surface area contributed by atoms with Crippen LogP contribution < -0.4 is 5.32 Å². The van der Waals surface area contributed by atoms with Gasteiger partial charge < -0.3 is 5.32 Å². The molecule has 0 aromatic carbocycles. The van der Waals surface area contributed by atoms with E-state index in [1.54, 1.807) is 7.05 Å². The Bertz CT molecular complexity index is 398. The fourth-order valence-electron chi connectivity index (χ4n) is 0.789. The third kappa shape index (κ3) is 1.99. The fourth-order valence-corrected chi connectivity index (χ4v) is 1.58. The van der Waals surface area contributed by atoms with Gasteiger partial charge in [-0.1, -0.05) is 0 Å². The number of nitrogens with zero attached hydrogens (tertiary/aromatic N) is 3. The van der Waals surface area contributed by atoms with Crippen molar-refractivity contribution < 1.29 is 8.42 Å². The Labute approximate surface area is 83.0 Å². The summed E-state index contributed by atoms with van der Waals surface area (Å²) >= 11 is 0. The van der Waals surface area contributed by atoms with Crippen LogP contribution in [-0.4, -0.2) is 43.8 Å². The zero-order valence-electron chi connectivity index (χ0n) is 8.22. The van der Waals surface area contributed by atoms with Crippen LogP contribution in [0.25, 0.3) is 0 Å². The first-order valence-corrected chi connectivity index (χ1v) is 5.35. The van der Waals surface area contributed by atoms with Crippen molar-refractivity contribution in [1.29, 1.82) is 0 Å². The van der Waals surface area contributed by atoms with Gasteiger partial charge in [-0.3, -0.25) is 0 Å². The molecule has 0 fully saturated rings. The summed E-state index contributed by atoms with van der Waals surface area (Å²) in [6, 6.07) is 0. The maximum absolute atomic E-state index is 11.6. The first-order valence-electron chi connectivity index (χ1n) is 3.91. The predicted octanol–water partition coefficient (Wildman–Crippen LogP) is -0.231. The second kappa shape index (κ2) is 3.89. The summed E-state index contributed by atoms with van der Waals surface area (Å²) in [5.74, 6) is 0.391. The Morgan fingerprint density at radius 2 is 1.79 bits per heavy atom. The normalized spacial score (nSPS) is 11.7. The molecule has 0 radical (unpaired) electrons. The highest BCUT2D eigenvalue weighted by atomic mass is 32.2. The zero-order valence-corrected chi connectivity index (χ0v) is 9.04. The van der Waals surface area contributed by atoms with Crippen LogP contribution in [-0.2, 0) is 10.0 Å². The number of hydrogen-bond acceptors (Lipinski definition) is 5. The molecular formula is C7H12N4O2S. The minimum atomic E-state index is -3.42. The number of anilines is 1. The van der Waals surface area contributed by atoms with Crippen LogP contribution >= 0.6 is 0 Å². The van der Waals surface area contributed by atoms with E-state index in [1.807, 2.05) is 0 Å². The zero-order chi connectivity index (χ0) is 10.8. The van der Waals surface area contributed by atoms with Gasteiger partial charge in [-0.15, -0.1) is 0 Å². The van der Waals surface area contributed by atoms with Gasteiger partial charge in [-0.05, 0) is 0 Å². The highest BCUT2D eigenvalue weighted by molar-refractivity contribution is 7.89. The van der Waals surface area contributed by atoms with E-state index in [9.17, 15) is 8.42 Å². The minimum absolute atomic E-state index is 0.0847. The highest BCUT2D eigenvalue weighted by Crippen LogP contribution is 2.10. The molecule has 0 aliphatic rings.